The number of para-hydroxylation sites is 1. The van der Waals surface area contributed by atoms with E-state index in [1.54, 1.807) is 9.58 Å². The standard InChI is InChI=1S/C22H24N4O3/c1-4-25(14-17-8-6-10-19-21(17)29-12-11-28-19)22(27)20-16(3)26(24-23-20)18-9-5-7-15(2)13-18/h5-10,13H,4,11-12,14H2,1-3H3. The molecule has 0 saturated heterocycles. The molecule has 2 aromatic carbocycles. The minimum absolute atomic E-state index is 0.154. The van der Waals surface area contributed by atoms with Crippen LogP contribution in [0.25, 0.3) is 5.69 Å². The Morgan fingerprint density at radius 2 is 1.93 bits per heavy atom. The summed E-state index contributed by atoms with van der Waals surface area (Å²) in [5, 5.41) is 8.40. The number of ether oxygens (including phenoxy) is 2. The largest absolute Gasteiger partial charge is 0.486 e. The lowest BCUT2D eigenvalue weighted by Crippen LogP contribution is -2.31. The lowest BCUT2D eigenvalue weighted by molar-refractivity contribution is 0.0742. The average molecular weight is 392 g/mol. The molecule has 0 aliphatic carbocycles. The molecule has 1 aliphatic heterocycles. The number of hydrogen-bond acceptors (Lipinski definition) is 5. The highest BCUT2D eigenvalue weighted by molar-refractivity contribution is 5.93. The lowest BCUT2D eigenvalue weighted by atomic mass is 10.1. The smallest absolute Gasteiger partial charge is 0.276 e. The highest BCUT2D eigenvalue weighted by atomic mass is 16.6. The summed E-state index contributed by atoms with van der Waals surface area (Å²) >= 11 is 0. The molecule has 0 radical (unpaired) electrons. The van der Waals surface area contributed by atoms with E-state index in [1.807, 2.05) is 63.2 Å². The average Bonchev–Trinajstić information content (AvgIpc) is 3.13. The number of hydrogen-bond donors (Lipinski definition) is 0. The van der Waals surface area contributed by atoms with Crippen LogP contribution < -0.4 is 9.47 Å². The predicted octanol–water partition coefficient (Wildman–Crippen LogP) is 3.32. The third kappa shape index (κ3) is 3.68. The third-order valence-electron chi connectivity index (χ3n) is 5.02. The van der Waals surface area contributed by atoms with Crippen molar-refractivity contribution in [2.24, 2.45) is 0 Å². The molecule has 1 aliphatic rings. The maximum Gasteiger partial charge on any atom is 0.276 e. The molecule has 150 valence electrons. The van der Waals surface area contributed by atoms with E-state index < -0.39 is 0 Å². The van der Waals surface area contributed by atoms with Gasteiger partial charge in [0, 0.05) is 18.7 Å². The molecule has 0 saturated carbocycles. The Morgan fingerprint density at radius 1 is 1.14 bits per heavy atom. The fourth-order valence-corrected chi connectivity index (χ4v) is 3.47. The Balaban J connectivity index is 1.60. The normalized spacial score (nSPS) is 12.7. The SMILES string of the molecule is CCN(Cc1cccc2c1OCCO2)C(=O)c1nnn(-c2cccc(C)c2)c1C. The first-order valence-electron chi connectivity index (χ1n) is 9.74. The molecular weight excluding hydrogens is 368 g/mol. The Kier molecular flexibility index (Phi) is 5.20. The van der Waals surface area contributed by atoms with Crippen LogP contribution >= 0.6 is 0 Å². The van der Waals surface area contributed by atoms with Gasteiger partial charge in [0.25, 0.3) is 5.91 Å². The van der Waals surface area contributed by atoms with Gasteiger partial charge in [-0.3, -0.25) is 4.79 Å². The topological polar surface area (TPSA) is 69.5 Å². The maximum absolute atomic E-state index is 13.2. The van der Waals surface area contributed by atoms with E-state index in [-0.39, 0.29) is 5.91 Å². The van der Waals surface area contributed by atoms with Crippen LogP contribution in [-0.2, 0) is 6.54 Å². The van der Waals surface area contributed by atoms with Crippen LogP contribution in [0.5, 0.6) is 11.5 Å². The zero-order valence-corrected chi connectivity index (χ0v) is 16.9. The number of amides is 1. The first-order chi connectivity index (χ1) is 14.1. The molecule has 4 rings (SSSR count). The van der Waals surface area contributed by atoms with Crippen LogP contribution in [0.15, 0.2) is 42.5 Å². The Morgan fingerprint density at radius 3 is 2.72 bits per heavy atom. The summed E-state index contributed by atoms with van der Waals surface area (Å²) in [6.07, 6.45) is 0. The van der Waals surface area contributed by atoms with Gasteiger partial charge in [-0.1, -0.05) is 29.5 Å². The van der Waals surface area contributed by atoms with Crippen LogP contribution in [0.1, 0.15) is 34.2 Å². The summed E-state index contributed by atoms with van der Waals surface area (Å²) in [6.45, 7) is 7.84. The number of carbonyl (C=O) groups excluding carboxylic acids is 1. The summed E-state index contributed by atoms with van der Waals surface area (Å²) < 4.78 is 13.1. The van der Waals surface area contributed by atoms with E-state index in [1.165, 1.54) is 0 Å². The number of aryl methyl sites for hydroxylation is 1. The molecule has 0 N–H and O–H groups in total. The van der Waals surface area contributed by atoms with E-state index in [0.717, 1.165) is 22.6 Å². The molecule has 2 heterocycles. The summed E-state index contributed by atoms with van der Waals surface area (Å²) in [6, 6.07) is 13.7. The van der Waals surface area contributed by atoms with Crippen LogP contribution in [0.2, 0.25) is 0 Å². The fourth-order valence-electron chi connectivity index (χ4n) is 3.47. The minimum atomic E-state index is -0.154. The molecule has 0 spiro atoms. The van der Waals surface area contributed by atoms with E-state index in [2.05, 4.69) is 10.3 Å². The Bertz CT molecular complexity index is 1040. The van der Waals surface area contributed by atoms with Gasteiger partial charge in [0.2, 0.25) is 0 Å². The third-order valence-corrected chi connectivity index (χ3v) is 5.02. The van der Waals surface area contributed by atoms with E-state index >= 15 is 0 Å². The monoisotopic (exact) mass is 392 g/mol. The van der Waals surface area contributed by atoms with Gasteiger partial charge >= 0.3 is 0 Å². The van der Waals surface area contributed by atoms with Crippen molar-refractivity contribution < 1.29 is 14.3 Å². The first kappa shape index (κ1) is 19.0. The molecular formula is C22H24N4O3. The van der Waals surface area contributed by atoms with Crippen molar-refractivity contribution in [3.05, 3.63) is 65.0 Å². The Hall–Kier alpha value is -3.35. The van der Waals surface area contributed by atoms with Crippen molar-refractivity contribution in [2.75, 3.05) is 19.8 Å². The molecule has 0 bridgehead atoms. The molecule has 1 aromatic heterocycles. The second-order valence-electron chi connectivity index (χ2n) is 7.03. The highest BCUT2D eigenvalue weighted by Crippen LogP contribution is 2.34. The molecule has 1 amide bonds. The Labute approximate surface area is 169 Å². The van der Waals surface area contributed by atoms with Gasteiger partial charge in [0.05, 0.1) is 11.4 Å². The maximum atomic E-state index is 13.2. The fraction of sp³-hybridized carbons (Fsp3) is 0.318. The summed E-state index contributed by atoms with van der Waals surface area (Å²) in [5.74, 6) is 1.28. The lowest BCUT2D eigenvalue weighted by Gasteiger charge is -2.25. The van der Waals surface area contributed by atoms with Crippen LogP contribution in [0.4, 0.5) is 0 Å². The molecule has 3 aromatic rings. The van der Waals surface area contributed by atoms with Gasteiger partial charge in [-0.2, -0.15) is 0 Å². The van der Waals surface area contributed by atoms with Gasteiger partial charge in [-0.15, -0.1) is 5.10 Å². The molecule has 0 unspecified atom stereocenters. The van der Waals surface area contributed by atoms with Crippen molar-refractivity contribution in [3.63, 3.8) is 0 Å². The molecule has 7 heteroatoms. The molecule has 0 fully saturated rings. The van der Waals surface area contributed by atoms with E-state index in [0.29, 0.717) is 43.4 Å². The van der Waals surface area contributed by atoms with Gasteiger partial charge in [-0.05, 0) is 44.5 Å². The number of aromatic nitrogens is 3. The van der Waals surface area contributed by atoms with Crippen molar-refractivity contribution in [1.82, 2.24) is 19.9 Å². The highest BCUT2D eigenvalue weighted by Gasteiger charge is 2.24. The van der Waals surface area contributed by atoms with E-state index in [4.69, 9.17) is 9.47 Å². The van der Waals surface area contributed by atoms with Crippen molar-refractivity contribution in [1.29, 1.82) is 0 Å². The second kappa shape index (κ2) is 7.95. The van der Waals surface area contributed by atoms with Gasteiger partial charge in [0.15, 0.2) is 17.2 Å². The van der Waals surface area contributed by atoms with Crippen molar-refractivity contribution in [2.45, 2.75) is 27.3 Å². The number of nitrogens with zero attached hydrogens (tertiary/aromatic N) is 4. The molecule has 7 nitrogen and oxygen atoms in total. The summed E-state index contributed by atoms with van der Waals surface area (Å²) in [5.41, 5.74) is 4.00. The van der Waals surface area contributed by atoms with Gasteiger partial charge < -0.3 is 14.4 Å². The zero-order chi connectivity index (χ0) is 20.4. The van der Waals surface area contributed by atoms with Crippen LogP contribution in [0.3, 0.4) is 0 Å². The number of benzene rings is 2. The number of carbonyl (C=O) groups is 1. The van der Waals surface area contributed by atoms with Gasteiger partial charge in [0.1, 0.15) is 13.2 Å². The second-order valence-corrected chi connectivity index (χ2v) is 7.03. The number of fused-ring (bicyclic) bond motifs is 1. The molecule has 29 heavy (non-hydrogen) atoms. The minimum Gasteiger partial charge on any atom is -0.486 e. The number of rotatable bonds is 5. The van der Waals surface area contributed by atoms with Crippen molar-refractivity contribution in [3.8, 4) is 17.2 Å². The van der Waals surface area contributed by atoms with Crippen LogP contribution in [0, 0.1) is 13.8 Å². The first-order valence-corrected chi connectivity index (χ1v) is 9.74. The summed E-state index contributed by atoms with van der Waals surface area (Å²) in [4.78, 5) is 15.0. The predicted molar refractivity (Wildman–Crippen MR) is 109 cm³/mol. The zero-order valence-electron chi connectivity index (χ0n) is 16.9. The quantitative estimate of drug-likeness (QED) is 0.666. The van der Waals surface area contributed by atoms with Crippen LogP contribution in [-0.4, -0.2) is 45.6 Å². The van der Waals surface area contributed by atoms with Gasteiger partial charge in [-0.25, -0.2) is 4.68 Å². The summed E-state index contributed by atoms with van der Waals surface area (Å²) in [7, 11) is 0. The molecule has 0 atom stereocenters. The van der Waals surface area contributed by atoms with Crippen molar-refractivity contribution >= 4 is 5.91 Å². The van der Waals surface area contributed by atoms with E-state index in [9.17, 15) is 4.79 Å².